The number of amides is 1. The highest BCUT2D eigenvalue weighted by molar-refractivity contribution is 5.73. The molecule has 1 N–H and O–H groups in total. The monoisotopic (exact) mass is 483 g/mol. The van der Waals surface area contributed by atoms with E-state index in [4.69, 9.17) is 14.2 Å². The van der Waals surface area contributed by atoms with Gasteiger partial charge in [0.15, 0.2) is 12.2 Å². The van der Waals surface area contributed by atoms with Gasteiger partial charge in [-0.05, 0) is 18.9 Å². The summed E-state index contributed by atoms with van der Waals surface area (Å²) in [7, 11) is 0. The van der Waals surface area contributed by atoms with Crippen LogP contribution in [0.2, 0.25) is 0 Å². The quantitative estimate of drug-likeness (QED) is 0.122. The van der Waals surface area contributed by atoms with Gasteiger partial charge in [0, 0.05) is 27.7 Å². The summed E-state index contributed by atoms with van der Waals surface area (Å²) in [6.07, 6.45) is 14.8. The van der Waals surface area contributed by atoms with Gasteiger partial charge in [0.1, 0.15) is 12.6 Å². The second-order valence-corrected chi connectivity index (χ2v) is 8.66. The fraction of sp³-hybridized carbons (Fsp3) is 0.769. The molecule has 0 aromatic heterocycles. The number of esters is 3. The second kappa shape index (κ2) is 20.0. The third kappa shape index (κ3) is 18.1. The Morgan fingerprint density at radius 2 is 1.26 bits per heavy atom. The Kier molecular flexibility index (Phi) is 18.6. The molecule has 0 aliphatic rings. The molecule has 8 nitrogen and oxygen atoms in total. The van der Waals surface area contributed by atoms with Crippen LogP contribution in [0, 0.1) is 0 Å². The molecule has 1 amide bonds. The maximum absolute atomic E-state index is 11.7. The van der Waals surface area contributed by atoms with Crippen molar-refractivity contribution < 1.29 is 33.4 Å². The Hall–Kier alpha value is -2.38. The lowest BCUT2D eigenvalue weighted by Gasteiger charge is -2.31. The van der Waals surface area contributed by atoms with Crippen molar-refractivity contribution in [2.75, 3.05) is 6.61 Å². The number of nitrogens with one attached hydrogen (secondary N) is 1. The van der Waals surface area contributed by atoms with E-state index in [-0.39, 0.29) is 6.61 Å². The van der Waals surface area contributed by atoms with Crippen LogP contribution in [-0.4, -0.2) is 48.7 Å². The van der Waals surface area contributed by atoms with Crippen LogP contribution in [0.25, 0.3) is 0 Å². The highest BCUT2D eigenvalue weighted by atomic mass is 16.6. The van der Waals surface area contributed by atoms with Crippen LogP contribution in [0.4, 0.5) is 0 Å². The van der Waals surface area contributed by atoms with E-state index in [9.17, 15) is 19.2 Å². The Morgan fingerprint density at radius 3 is 1.74 bits per heavy atom. The summed E-state index contributed by atoms with van der Waals surface area (Å²) < 4.78 is 15.8. The van der Waals surface area contributed by atoms with E-state index in [1.165, 1.54) is 79.1 Å². The first kappa shape index (κ1) is 31.6. The van der Waals surface area contributed by atoms with Crippen LogP contribution < -0.4 is 5.32 Å². The molecule has 0 unspecified atom stereocenters. The number of hydrogen-bond acceptors (Lipinski definition) is 7. The SMILES string of the molecule is CCCCCCCCCCCC/C=C/[C@@H](OC(C)=O)[C@@H](OC(C)=O)[C@H](COC(C)=O)NC(C)=O. The molecule has 196 valence electrons. The van der Waals surface area contributed by atoms with Crippen LogP contribution in [0.3, 0.4) is 0 Å². The summed E-state index contributed by atoms with van der Waals surface area (Å²) in [5.41, 5.74) is 0. The Balaban J connectivity index is 4.89. The zero-order valence-corrected chi connectivity index (χ0v) is 21.7. The number of ether oxygens (including phenoxy) is 3. The highest BCUT2D eigenvalue weighted by Gasteiger charge is 2.34. The van der Waals surface area contributed by atoms with Crippen molar-refractivity contribution in [1.82, 2.24) is 5.32 Å². The number of hydrogen-bond donors (Lipinski definition) is 1. The predicted octanol–water partition coefficient (Wildman–Crippen LogP) is 4.78. The summed E-state index contributed by atoms with van der Waals surface area (Å²) in [4.78, 5) is 46.4. The van der Waals surface area contributed by atoms with Gasteiger partial charge in [0.25, 0.3) is 0 Å². The summed E-state index contributed by atoms with van der Waals surface area (Å²) in [5, 5.41) is 2.62. The minimum Gasteiger partial charge on any atom is -0.464 e. The van der Waals surface area contributed by atoms with Gasteiger partial charge >= 0.3 is 17.9 Å². The zero-order valence-electron chi connectivity index (χ0n) is 21.7. The van der Waals surface area contributed by atoms with Gasteiger partial charge < -0.3 is 19.5 Å². The number of carbonyl (C=O) groups excluding carboxylic acids is 4. The zero-order chi connectivity index (χ0) is 25.8. The van der Waals surface area contributed by atoms with Crippen LogP contribution in [0.1, 0.15) is 105 Å². The number of allylic oxidation sites excluding steroid dienone is 1. The van der Waals surface area contributed by atoms with Crippen molar-refractivity contribution >= 4 is 23.8 Å². The lowest BCUT2D eigenvalue weighted by Crippen LogP contribution is -2.53. The fourth-order valence-electron chi connectivity index (χ4n) is 3.64. The molecule has 0 aliphatic heterocycles. The number of carbonyl (C=O) groups is 4. The molecular formula is C26H45NO7. The van der Waals surface area contributed by atoms with Crippen LogP contribution in [-0.2, 0) is 33.4 Å². The summed E-state index contributed by atoms with van der Waals surface area (Å²) in [6, 6.07) is -0.878. The van der Waals surface area contributed by atoms with Gasteiger partial charge in [-0.2, -0.15) is 0 Å². The maximum atomic E-state index is 11.7. The van der Waals surface area contributed by atoms with Crippen molar-refractivity contribution in [2.24, 2.45) is 0 Å². The first-order valence-electron chi connectivity index (χ1n) is 12.6. The lowest BCUT2D eigenvalue weighted by atomic mass is 10.0. The minimum absolute atomic E-state index is 0.225. The molecule has 3 atom stereocenters. The third-order valence-corrected chi connectivity index (χ3v) is 5.23. The number of rotatable bonds is 19. The van der Waals surface area contributed by atoms with Crippen LogP contribution in [0.5, 0.6) is 0 Å². The van der Waals surface area contributed by atoms with Crippen molar-refractivity contribution in [2.45, 2.75) is 123 Å². The molecule has 0 rings (SSSR count). The molecular weight excluding hydrogens is 438 g/mol. The average molecular weight is 484 g/mol. The molecule has 8 heteroatoms. The average Bonchev–Trinajstić information content (AvgIpc) is 2.74. The van der Waals surface area contributed by atoms with Crippen LogP contribution in [0.15, 0.2) is 12.2 Å². The van der Waals surface area contributed by atoms with Gasteiger partial charge in [-0.1, -0.05) is 70.8 Å². The second-order valence-electron chi connectivity index (χ2n) is 8.66. The van der Waals surface area contributed by atoms with Crippen molar-refractivity contribution in [3.05, 3.63) is 12.2 Å². The van der Waals surface area contributed by atoms with E-state index in [0.29, 0.717) is 0 Å². The molecule has 0 aliphatic carbocycles. The minimum atomic E-state index is -1.05. The van der Waals surface area contributed by atoms with E-state index >= 15 is 0 Å². The maximum Gasteiger partial charge on any atom is 0.303 e. The summed E-state index contributed by atoms with van der Waals surface area (Å²) in [6.45, 7) is 7.02. The van der Waals surface area contributed by atoms with E-state index in [0.717, 1.165) is 19.3 Å². The highest BCUT2D eigenvalue weighted by Crippen LogP contribution is 2.15. The molecule has 0 fully saturated rings. The largest absolute Gasteiger partial charge is 0.464 e. The van der Waals surface area contributed by atoms with Gasteiger partial charge in [0.05, 0.1) is 0 Å². The van der Waals surface area contributed by atoms with Gasteiger partial charge in [-0.15, -0.1) is 0 Å². The van der Waals surface area contributed by atoms with Gasteiger partial charge in [0.2, 0.25) is 5.91 Å². The van der Waals surface area contributed by atoms with E-state index in [1.54, 1.807) is 6.08 Å². The van der Waals surface area contributed by atoms with E-state index in [2.05, 4.69) is 12.2 Å². The smallest absolute Gasteiger partial charge is 0.303 e. The Morgan fingerprint density at radius 1 is 0.735 bits per heavy atom. The molecule has 0 heterocycles. The van der Waals surface area contributed by atoms with E-state index < -0.39 is 42.1 Å². The molecule has 0 aromatic carbocycles. The Labute approximate surface area is 205 Å². The molecule has 34 heavy (non-hydrogen) atoms. The topological polar surface area (TPSA) is 108 Å². The van der Waals surface area contributed by atoms with Crippen LogP contribution >= 0.6 is 0 Å². The normalized spacial score (nSPS) is 13.7. The standard InChI is InChI=1S/C26H45NO7/c1-6-7-8-9-10-11-12-13-14-15-16-17-18-25(33-22(4)30)26(34-23(5)31)24(27-20(2)28)19-32-21(3)29/h17-18,24-26H,6-16,19H2,1-5H3,(H,27,28)/b18-17+/t24-,25+,26-/m0/s1. The van der Waals surface area contributed by atoms with Crippen molar-refractivity contribution in [1.29, 1.82) is 0 Å². The molecule has 0 radical (unpaired) electrons. The van der Waals surface area contributed by atoms with Gasteiger partial charge in [-0.25, -0.2) is 0 Å². The van der Waals surface area contributed by atoms with E-state index in [1.807, 2.05) is 6.08 Å². The third-order valence-electron chi connectivity index (χ3n) is 5.23. The summed E-state index contributed by atoms with van der Waals surface area (Å²) in [5.74, 6) is -2.11. The van der Waals surface area contributed by atoms with Crippen molar-refractivity contribution in [3.63, 3.8) is 0 Å². The molecule has 0 aromatic rings. The molecule has 0 bridgehead atoms. The number of unbranched alkanes of at least 4 members (excludes halogenated alkanes) is 10. The van der Waals surface area contributed by atoms with Gasteiger partial charge in [-0.3, -0.25) is 19.2 Å². The molecule has 0 saturated carbocycles. The fourth-order valence-corrected chi connectivity index (χ4v) is 3.64. The molecule has 0 spiro atoms. The predicted molar refractivity (Wildman–Crippen MR) is 131 cm³/mol. The Bertz CT molecular complexity index is 633. The summed E-state index contributed by atoms with van der Waals surface area (Å²) >= 11 is 0. The first-order valence-corrected chi connectivity index (χ1v) is 12.6. The molecule has 0 saturated heterocycles. The van der Waals surface area contributed by atoms with Crippen molar-refractivity contribution in [3.8, 4) is 0 Å². The first-order chi connectivity index (χ1) is 16.2. The lowest BCUT2D eigenvalue weighted by molar-refractivity contribution is -0.166.